The number of ketones is 1. The van der Waals surface area contributed by atoms with Crippen molar-refractivity contribution >= 4 is 17.1 Å². The summed E-state index contributed by atoms with van der Waals surface area (Å²) >= 11 is 1.55. The number of aromatic nitrogens is 2. The van der Waals surface area contributed by atoms with Crippen molar-refractivity contribution in [1.82, 2.24) is 15.5 Å². The minimum absolute atomic E-state index is 0.172. The van der Waals surface area contributed by atoms with Gasteiger partial charge in [-0.15, -0.1) is 21.5 Å². The molecular weight excluding hydrogens is 234 g/mol. The Morgan fingerprint density at radius 1 is 1.24 bits per heavy atom. The van der Waals surface area contributed by atoms with Crippen molar-refractivity contribution in [3.63, 3.8) is 0 Å². The maximum Gasteiger partial charge on any atom is 0.153 e. The largest absolute Gasteiger partial charge is 0.308 e. The predicted octanol–water partition coefficient (Wildman–Crippen LogP) is 1.85. The van der Waals surface area contributed by atoms with E-state index in [9.17, 15) is 4.79 Å². The van der Waals surface area contributed by atoms with Gasteiger partial charge in [0.15, 0.2) is 5.78 Å². The molecule has 0 aliphatic carbocycles. The van der Waals surface area contributed by atoms with E-state index in [1.807, 2.05) is 13.8 Å². The summed E-state index contributed by atoms with van der Waals surface area (Å²) in [6.45, 7) is 8.77. The Morgan fingerprint density at radius 3 is 2.47 bits per heavy atom. The number of nitrogens with one attached hydrogen (secondary N) is 1. The van der Waals surface area contributed by atoms with Gasteiger partial charge in [-0.2, -0.15) is 0 Å². The van der Waals surface area contributed by atoms with E-state index in [-0.39, 0.29) is 5.78 Å². The van der Waals surface area contributed by atoms with Gasteiger partial charge in [0.25, 0.3) is 0 Å². The lowest BCUT2D eigenvalue weighted by Crippen LogP contribution is -2.29. The zero-order valence-electron chi connectivity index (χ0n) is 11.0. The first-order valence-corrected chi connectivity index (χ1v) is 6.85. The molecule has 0 radical (unpaired) electrons. The van der Waals surface area contributed by atoms with E-state index in [4.69, 9.17) is 0 Å². The van der Waals surface area contributed by atoms with Gasteiger partial charge in [-0.1, -0.05) is 27.7 Å². The summed E-state index contributed by atoms with van der Waals surface area (Å²) in [7, 11) is 0. The molecular formula is C12H21N3OS. The molecule has 0 aromatic carbocycles. The molecule has 1 N–H and O–H groups in total. The molecule has 0 spiro atoms. The summed E-state index contributed by atoms with van der Waals surface area (Å²) in [6, 6.07) is 0.338. The van der Waals surface area contributed by atoms with Crippen LogP contribution in [0, 0.1) is 5.92 Å². The molecule has 0 bridgehead atoms. The van der Waals surface area contributed by atoms with Gasteiger partial charge in [-0.05, 0) is 5.92 Å². The topological polar surface area (TPSA) is 54.9 Å². The van der Waals surface area contributed by atoms with Gasteiger partial charge in [0, 0.05) is 12.5 Å². The van der Waals surface area contributed by atoms with Crippen molar-refractivity contribution in [2.45, 2.75) is 46.6 Å². The van der Waals surface area contributed by atoms with E-state index in [1.54, 1.807) is 11.3 Å². The molecule has 1 heterocycles. The molecule has 0 amide bonds. The highest BCUT2D eigenvalue weighted by Crippen LogP contribution is 2.14. The second-order valence-corrected chi connectivity index (χ2v) is 6.09. The van der Waals surface area contributed by atoms with Crippen LogP contribution in [0.25, 0.3) is 0 Å². The third kappa shape index (κ3) is 5.89. The normalized spacial score (nSPS) is 11.4. The van der Waals surface area contributed by atoms with Crippen molar-refractivity contribution in [3.8, 4) is 0 Å². The molecule has 96 valence electrons. The molecule has 1 aromatic heterocycles. The summed E-state index contributed by atoms with van der Waals surface area (Å²) in [4.78, 5) is 11.6. The lowest BCUT2D eigenvalue weighted by atomic mass is 10.1. The third-order valence-corrected chi connectivity index (χ3v) is 3.09. The molecule has 1 aromatic rings. The second-order valence-electron chi connectivity index (χ2n) is 4.94. The monoisotopic (exact) mass is 255 g/mol. The molecule has 0 saturated heterocycles. The average Bonchev–Trinajstić information content (AvgIpc) is 2.61. The van der Waals surface area contributed by atoms with E-state index >= 15 is 0 Å². The molecule has 0 atom stereocenters. The van der Waals surface area contributed by atoms with E-state index in [1.165, 1.54) is 0 Å². The SMILES string of the molecule is CC(C)Cc1nnc(CC(=O)CNC(C)C)s1. The number of carbonyl (C=O) groups excluding carboxylic acids is 1. The standard InChI is InChI=1S/C12H21N3OS/c1-8(2)5-11-14-15-12(17-11)6-10(16)7-13-9(3)4/h8-9,13H,5-7H2,1-4H3. The highest BCUT2D eigenvalue weighted by atomic mass is 32.1. The van der Waals surface area contributed by atoms with Gasteiger partial charge in [0.05, 0.1) is 13.0 Å². The highest BCUT2D eigenvalue weighted by Gasteiger charge is 2.10. The molecule has 4 nitrogen and oxygen atoms in total. The van der Waals surface area contributed by atoms with E-state index in [2.05, 4.69) is 29.4 Å². The average molecular weight is 255 g/mol. The molecule has 0 saturated carbocycles. The quantitative estimate of drug-likeness (QED) is 0.808. The summed E-state index contributed by atoms with van der Waals surface area (Å²) in [5, 5.41) is 13.1. The van der Waals surface area contributed by atoms with Gasteiger partial charge in [0.1, 0.15) is 10.0 Å². The first-order chi connectivity index (χ1) is 7.97. The molecule has 0 fully saturated rings. The predicted molar refractivity (Wildman–Crippen MR) is 70.3 cm³/mol. The van der Waals surface area contributed by atoms with E-state index < -0.39 is 0 Å². The Balaban J connectivity index is 2.40. The minimum Gasteiger partial charge on any atom is -0.308 e. The molecule has 0 aliphatic rings. The maximum absolute atomic E-state index is 11.6. The molecule has 1 rings (SSSR count). The molecule has 5 heteroatoms. The van der Waals surface area contributed by atoms with Crippen molar-refractivity contribution < 1.29 is 4.79 Å². The Morgan fingerprint density at radius 2 is 1.88 bits per heavy atom. The van der Waals surface area contributed by atoms with E-state index in [0.717, 1.165) is 16.4 Å². The van der Waals surface area contributed by atoms with Crippen LogP contribution in [0.5, 0.6) is 0 Å². The third-order valence-electron chi connectivity index (χ3n) is 2.15. The van der Waals surface area contributed by atoms with Crippen LogP contribution in [-0.4, -0.2) is 28.6 Å². The second kappa shape index (κ2) is 6.81. The van der Waals surface area contributed by atoms with Crippen LogP contribution in [0.15, 0.2) is 0 Å². The molecule has 0 aliphatic heterocycles. The van der Waals surface area contributed by atoms with Crippen LogP contribution in [0.2, 0.25) is 0 Å². The lowest BCUT2D eigenvalue weighted by Gasteiger charge is -2.05. The van der Waals surface area contributed by atoms with Gasteiger partial charge in [-0.3, -0.25) is 4.79 Å². The maximum atomic E-state index is 11.6. The lowest BCUT2D eigenvalue weighted by molar-refractivity contribution is -0.117. The zero-order chi connectivity index (χ0) is 12.8. The van der Waals surface area contributed by atoms with Crippen LogP contribution in [0.4, 0.5) is 0 Å². The fourth-order valence-electron chi connectivity index (χ4n) is 1.34. The molecule has 17 heavy (non-hydrogen) atoms. The van der Waals surface area contributed by atoms with Crippen LogP contribution in [-0.2, 0) is 17.6 Å². The fraction of sp³-hybridized carbons (Fsp3) is 0.750. The van der Waals surface area contributed by atoms with Gasteiger partial charge in [-0.25, -0.2) is 0 Å². The Hall–Kier alpha value is -0.810. The van der Waals surface area contributed by atoms with Crippen LogP contribution in [0.1, 0.15) is 37.7 Å². The summed E-state index contributed by atoms with van der Waals surface area (Å²) in [5.41, 5.74) is 0. The smallest absolute Gasteiger partial charge is 0.153 e. The number of Topliss-reactive ketones (excluding diaryl/α,β-unsaturated/α-hetero) is 1. The summed E-state index contributed by atoms with van der Waals surface area (Å²) in [5.74, 6) is 0.750. The van der Waals surface area contributed by atoms with Gasteiger partial charge >= 0.3 is 0 Å². The summed E-state index contributed by atoms with van der Waals surface area (Å²) < 4.78 is 0. The summed E-state index contributed by atoms with van der Waals surface area (Å²) in [6.07, 6.45) is 1.34. The number of hydrogen-bond donors (Lipinski definition) is 1. The number of hydrogen-bond acceptors (Lipinski definition) is 5. The minimum atomic E-state index is 0.172. The first-order valence-electron chi connectivity index (χ1n) is 6.03. The van der Waals surface area contributed by atoms with Crippen LogP contribution >= 0.6 is 11.3 Å². The van der Waals surface area contributed by atoms with Crippen molar-refractivity contribution in [3.05, 3.63) is 10.0 Å². The van der Waals surface area contributed by atoms with Gasteiger partial charge < -0.3 is 5.32 Å². The van der Waals surface area contributed by atoms with Crippen molar-refractivity contribution in [2.75, 3.05) is 6.54 Å². The van der Waals surface area contributed by atoms with E-state index in [0.29, 0.717) is 24.9 Å². The van der Waals surface area contributed by atoms with Crippen molar-refractivity contribution in [1.29, 1.82) is 0 Å². The number of nitrogens with zero attached hydrogens (tertiary/aromatic N) is 2. The Bertz CT molecular complexity index is 360. The Labute approximate surface area is 107 Å². The highest BCUT2D eigenvalue weighted by molar-refractivity contribution is 7.11. The van der Waals surface area contributed by atoms with Gasteiger partial charge in [0.2, 0.25) is 0 Å². The molecule has 0 unspecified atom stereocenters. The Kier molecular flexibility index (Phi) is 5.71. The van der Waals surface area contributed by atoms with Crippen LogP contribution < -0.4 is 5.32 Å². The number of rotatable bonds is 7. The number of carbonyl (C=O) groups is 1. The first kappa shape index (κ1) is 14.3. The zero-order valence-corrected chi connectivity index (χ0v) is 11.8. The van der Waals surface area contributed by atoms with Crippen LogP contribution in [0.3, 0.4) is 0 Å². The van der Waals surface area contributed by atoms with Crippen molar-refractivity contribution in [2.24, 2.45) is 5.92 Å². The fourth-order valence-corrected chi connectivity index (χ4v) is 2.43.